The van der Waals surface area contributed by atoms with Crippen LogP contribution >= 0.6 is 0 Å². The van der Waals surface area contributed by atoms with Crippen molar-refractivity contribution in [3.8, 4) is 11.4 Å². The molecule has 34 heavy (non-hydrogen) atoms. The second-order valence-corrected chi connectivity index (χ2v) is 8.33. The molecule has 0 fully saturated rings. The van der Waals surface area contributed by atoms with Crippen LogP contribution in [0.5, 0.6) is 5.75 Å². The van der Waals surface area contributed by atoms with E-state index in [9.17, 15) is 14.4 Å². The van der Waals surface area contributed by atoms with Gasteiger partial charge >= 0.3 is 11.7 Å². The molecule has 0 aliphatic rings. The zero-order valence-corrected chi connectivity index (χ0v) is 19.5. The molecule has 4 aromatic rings. The molecule has 0 radical (unpaired) electrons. The Kier molecular flexibility index (Phi) is 6.36. The van der Waals surface area contributed by atoms with Crippen LogP contribution in [0.3, 0.4) is 0 Å². The number of methoxy groups -OCH3 is 2. The highest BCUT2D eigenvalue weighted by Gasteiger charge is 2.21. The molecular weight excluding hydrogens is 436 g/mol. The number of rotatable bonds is 7. The lowest BCUT2D eigenvalue weighted by Gasteiger charge is -2.16. The minimum atomic E-state index is -0.469. The van der Waals surface area contributed by atoms with Gasteiger partial charge in [-0.2, -0.15) is 0 Å². The van der Waals surface area contributed by atoms with Crippen molar-refractivity contribution in [1.29, 1.82) is 0 Å². The van der Waals surface area contributed by atoms with Gasteiger partial charge < -0.3 is 14.0 Å². The lowest BCUT2D eigenvalue weighted by molar-refractivity contribution is 0.0600. The molecule has 0 N–H and O–H groups in total. The van der Waals surface area contributed by atoms with E-state index in [0.29, 0.717) is 29.1 Å². The van der Waals surface area contributed by atoms with E-state index >= 15 is 0 Å². The van der Waals surface area contributed by atoms with Crippen molar-refractivity contribution in [3.05, 3.63) is 86.8 Å². The molecule has 2 aromatic carbocycles. The maximum Gasteiger partial charge on any atom is 0.337 e. The first-order valence-electron chi connectivity index (χ1n) is 10.9. The van der Waals surface area contributed by atoms with Crippen LogP contribution in [-0.4, -0.2) is 38.9 Å². The zero-order chi connectivity index (χ0) is 24.4. The number of hydrogen-bond acceptors (Lipinski definition) is 6. The molecule has 0 saturated carbocycles. The number of imidazole rings is 1. The number of carbonyl (C=O) groups excluding carboxylic acids is 1. The van der Waals surface area contributed by atoms with Gasteiger partial charge in [0.15, 0.2) is 11.2 Å². The Morgan fingerprint density at radius 1 is 1.03 bits per heavy atom. The van der Waals surface area contributed by atoms with Crippen LogP contribution in [0.25, 0.3) is 16.9 Å². The summed E-state index contributed by atoms with van der Waals surface area (Å²) in [7, 11) is 2.86. The van der Waals surface area contributed by atoms with E-state index in [1.54, 1.807) is 53.4 Å². The molecule has 0 spiro atoms. The molecule has 0 amide bonds. The van der Waals surface area contributed by atoms with Gasteiger partial charge in [-0.15, -0.1) is 0 Å². The van der Waals surface area contributed by atoms with Gasteiger partial charge in [-0.25, -0.2) is 19.1 Å². The van der Waals surface area contributed by atoms with E-state index in [1.807, 2.05) is 19.9 Å². The Morgan fingerprint density at radius 2 is 1.74 bits per heavy atom. The van der Waals surface area contributed by atoms with E-state index < -0.39 is 17.2 Å². The van der Waals surface area contributed by atoms with Crippen LogP contribution in [0.4, 0.5) is 0 Å². The van der Waals surface area contributed by atoms with Crippen LogP contribution in [0, 0.1) is 5.92 Å². The van der Waals surface area contributed by atoms with E-state index in [-0.39, 0.29) is 18.1 Å². The molecule has 0 unspecified atom stereocenters. The van der Waals surface area contributed by atoms with Crippen LogP contribution < -0.4 is 16.0 Å². The Labute approximate surface area is 195 Å². The van der Waals surface area contributed by atoms with Crippen LogP contribution in [0.15, 0.2) is 64.4 Å². The number of hydrogen-bond donors (Lipinski definition) is 0. The van der Waals surface area contributed by atoms with Gasteiger partial charge in [-0.05, 0) is 35.7 Å². The topological polar surface area (TPSA) is 97.4 Å². The van der Waals surface area contributed by atoms with E-state index in [1.165, 1.54) is 23.4 Å². The van der Waals surface area contributed by atoms with Gasteiger partial charge in [0, 0.05) is 13.1 Å². The number of ether oxygens (including phenoxy) is 2. The normalized spacial score (nSPS) is 11.2. The molecule has 9 heteroatoms. The highest BCUT2D eigenvalue weighted by atomic mass is 16.5. The van der Waals surface area contributed by atoms with Gasteiger partial charge in [0.05, 0.1) is 31.8 Å². The SMILES string of the molecule is COC(=O)c1ccc(Cn2cnc3c2c(=O)n(CC(C)C)c(=O)n3-c2ccccc2OC)cc1. The summed E-state index contributed by atoms with van der Waals surface area (Å²) in [6.45, 7) is 4.49. The van der Waals surface area contributed by atoms with Gasteiger partial charge in [0.1, 0.15) is 5.75 Å². The fourth-order valence-corrected chi connectivity index (χ4v) is 3.92. The quantitative estimate of drug-likeness (QED) is 0.392. The molecule has 0 atom stereocenters. The second kappa shape index (κ2) is 9.38. The predicted molar refractivity (Wildman–Crippen MR) is 128 cm³/mol. The predicted octanol–water partition coefficient (Wildman–Crippen LogP) is 2.85. The van der Waals surface area contributed by atoms with Gasteiger partial charge in [-0.1, -0.05) is 38.1 Å². The zero-order valence-electron chi connectivity index (χ0n) is 19.5. The van der Waals surface area contributed by atoms with Crippen LogP contribution in [0.2, 0.25) is 0 Å². The first kappa shape index (κ1) is 23.0. The highest BCUT2D eigenvalue weighted by Crippen LogP contribution is 2.23. The Balaban J connectivity index is 1.92. The van der Waals surface area contributed by atoms with Crippen molar-refractivity contribution >= 4 is 17.1 Å². The van der Waals surface area contributed by atoms with Crippen LogP contribution in [-0.2, 0) is 17.8 Å². The van der Waals surface area contributed by atoms with Crippen molar-refractivity contribution in [2.45, 2.75) is 26.9 Å². The summed E-state index contributed by atoms with van der Waals surface area (Å²) in [4.78, 5) is 43.1. The van der Waals surface area contributed by atoms with Crippen molar-refractivity contribution in [1.82, 2.24) is 18.7 Å². The molecule has 0 bridgehead atoms. The second-order valence-electron chi connectivity index (χ2n) is 8.33. The number of fused-ring (bicyclic) bond motifs is 1. The molecule has 0 aliphatic carbocycles. The summed E-state index contributed by atoms with van der Waals surface area (Å²) < 4.78 is 14.6. The number of para-hydroxylation sites is 2. The summed E-state index contributed by atoms with van der Waals surface area (Å²) in [6.07, 6.45) is 1.55. The lowest BCUT2D eigenvalue weighted by Crippen LogP contribution is -2.41. The average Bonchev–Trinajstić information content (AvgIpc) is 3.25. The van der Waals surface area contributed by atoms with Crippen molar-refractivity contribution < 1.29 is 14.3 Å². The number of benzene rings is 2. The van der Waals surface area contributed by atoms with Gasteiger partial charge in [-0.3, -0.25) is 9.36 Å². The first-order valence-corrected chi connectivity index (χ1v) is 10.9. The summed E-state index contributed by atoms with van der Waals surface area (Å²) >= 11 is 0. The third kappa shape index (κ3) is 4.12. The molecule has 0 aliphatic heterocycles. The Morgan fingerprint density at radius 3 is 2.38 bits per heavy atom. The summed E-state index contributed by atoms with van der Waals surface area (Å²) in [5.41, 5.74) is 1.49. The minimum absolute atomic E-state index is 0.0798. The maximum absolute atomic E-state index is 13.5. The molecule has 2 heterocycles. The van der Waals surface area contributed by atoms with Gasteiger partial charge in [0.25, 0.3) is 5.56 Å². The van der Waals surface area contributed by atoms with Crippen molar-refractivity contribution in [2.75, 3.05) is 14.2 Å². The maximum atomic E-state index is 13.5. The Bertz CT molecular complexity index is 1460. The molecule has 2 aromatic heterocycles. The number of aromatic nitrogens is 4. The number of esters is 1. The molecule has 176 valence electrons. The van der Waals surface area contributed by atoms with E-state index in [2.05, 4.69) is 4.98 Å². The summed E-state index contributed by atoms with van der Waals surface area (Å²) in [5, 5.41) is 0. The average molecular weight is 463 g/mol. The minimum Gasteiger partial charge on any atom is -0.495 e. The molecule has 0 saturated heterocycles. The Hall–Kier alpha value is -4.14. The third-order valence-electron chi connectivity index (χ3n) is 5.50. The monoisotopic (exact) mass is 462 g/mol. The molecule has 4 rings (SSSR count). The van der Waals surface area contributed by atoms with Crippen molar-refractivity contribution in [2.24, 2.45) is 5.92 Å². The number of carbonyl (C=O) groups is 1. The van der Waals surface area contributed by atoms with E-state index in [0.717, 1.165) is 5.56 Å². The number of nitrogens with zero attached hydrogens (tertiary/aromatic N) is 4. The molecule has 9 nitrogen and oxygen atoms in total. The van der Waals surface area contributed by atoms with Crippen LogP contribution in [0.1, 0.15) is 29.8 Å². The van der Waals surface area contributed by atoms with Crippen molar-refractivity contribution in [3.63, 3.8) is 0 Å². The fraction of sp³-hybridized carbons (Fsp3) is 0.280. The van der Waals surface area contributed by atoms with Gasteiger partial charge in [0.2, 0.25) is 0 Å². The highest BCUT2D eigenvalue weighted by molar-refractivity contribution is 5.89. The standard InChI is InChI=1S/C25H26N4O5/c1-16(2)13-28-23(30)21-22(29(25(28)32)19-7-5-6-8-20(19)33-3)26-15-27(21)14-17-9-11-18(12-10-17)24(31)34-4/h5-12,15-16H,13-14H2,1-4H3. The smallest absolute Gasteiger partial charge is 0.337 e. The third-order valence-corrected chi connectivity index (χ3v) is 5.50. The molecular formula is C25H26N4O5. The van der Waals surface area contributed by atoms with E-state index in [4.69, 9.17) is 9.47 Å². The lowest BCUT2D eigenvalue weighted by atomic mass is 10.1. The summed E-state index contributed by atoms with van der Waals surface area (Å²) in [6, 6.07) is 14.0. The first-order chi connectivity index (χ1) is 16.3. The summed E-state index contributed by atoms with van der Waals surface area (Å²) in [5.74, 6) is 0.154. The largest absolute Gasteiger partial charge is 0.495 e. The fourth-order valence-electron chi connectivity index (χ4n) is 3.92.